The van der Waals surface area contributed by atoms with Crippen LogP contribution in [0.25, 0.3) is 0 Å². The van der Waals surface area contributed by atoms with Gasteiger partial charge in [0.15, 0.2) is 0 Å². The van der Waals surface area contributed by atoms with Crippen molar-refractivity contribution >= 4 is 30.7 Å². The van der Waals surface area contributed by atoms with Gasteiger partial charge in [-0.15, -0.1) is 24.8 Å². The highest BCUT2D eigenvalue weighted by atomic mass is 35.5. The van der Waals surface area contributed by atoms with Crippen molar-refractivity contribution in [2.45, 2.75) is 65.1 Å². The van der Waals surface area contributed by atoms with Crippen molar-refractivity contribution in [2.75, 3.05) is 13.2 Å². The summed E-state index contributed by atoms with van der Waals surface area (Å²) in [6.45, 7) is 7.23. The fourth-order valence-electron chi connectivity index (χ4n) is 3.33. The van der Waals surface area contributed by atoms with Gasteiger partial charge in [0.05, 0.1) is 6.10 Å². The van der Waals surface area contributed by atoms with E-state index in [9.17, 15) is 9.59 Å². The zero-order valence-electron chi connectivity index (χ0n) is 16.3. The van der Waals surface area contributed by atoms with E-state index in [-0.39, 0.29) is 54.5 Å². The molecular weight excluding hydrogens is 391 g/mol. The van der Waals surface area contributed by atoms with E-state index in [1.165, 1.54) is 0 Å². The molecule has 0 unspecified atom stereocenters. The van der Waals surface area contributed by atoms with Crippen LogP contribution < -0.4 is 16.7 Å². The molecule has 0 spiro atoms. The highest BCUT2D eigenvalue weighted by Crippen LogP contribution is 2.26. The van der Waals surface area contributed by atoms with Gasteiger partial charge in [-0.05, 0) is 45.6 Å². The highest BCUT2D eigenvalue weighted by Gasteiger charge is 2.32. The van der Waals surface area contributed by atoms with Crippen molar-refractivity contribution in [3.8, 4) is 0 Å². The van der Waals surface area contributed by atoms with Crippen LogP contribution in [0, 0.1) is 19.8 Å². The second-order valence-electron chi connectivity index (χ2n) is 6.85. The van der Waals surface area contributed by atoms with E-state index in [0.717, 1.165) is 25.0 Å². The molecule has 156 valence electrons. The number of amides is 1. The molecular formula is C18H32Cl2N4O3. The lowest BCUT2D eigenvalue weighted by atomic mass is 9.83. The maximum Gasteiger partial charge on any atom is 0.348 e. The topological polar surface area (TPSA) is 99.2 Å². The van der Waals surface area contributed by atoms with Crippen molar-refractivity contribution < 1.29 is 9.53 Å². The predicted molar refractivity (Wildman–Crippen MR) is 111 cm³/mol. The van der Waals surface area contributed by atoms with Gasteiger partial charge < -0.3 is 15.8 Å². The Kier molecular flexibility index (Phi) is 11.8. The number of hydrogen-bond acceptors (Lipinski definition) is 5. The Hall–Kier alpha value is -1.15. The molecule has 0 aliphatic heterocycles. The number of halogens is 2. The van der Waals surface area contributed by atoms with Gasteiger partial charge in [0.1, 0.15) is 0 Å². The number of nitrogens with zero attached hydrogens (tertiary/aromatic N) is 2. The number of aryl methyl sites for hydroxylation is 2. The largest absolute Gasteiger partial charge is 0.377 e. The van der Waals surface area contributed by atoms with Gasteiger partial charge in [0, 0.05) is 43.0 Å². The zero-order valence-corrected chi connectivity index (χ0v) is 17.9. The van der Waals surface area contributed by atoms with Crippen LogP contribution in [0.2, 0.25) is 0 Å². The highest BCUT2D eigenvalue weighted by molar-refractivity contribution is 5.85. The average Bonchev–Trinajstić information content (AvgIpc) is 2.56. The maximum absolute atomic E-state index is 12.4. The molecule has 1 saturated carbocycles. The average molecular weight is 423 g/mol. The van der Waals surface area contributed by atoms with Gasteiger partial charge >= 0.3 is 5.69 Å². The number of nitrogens with one attached hydrogen (secondary N) is 1. The smallest absolute Gasteiger partial charge is 0.348 e. The molecule has 0 aromatic carbocycles. The minimum absolute atomic E-state index is 0. The summed E-state index contributed by atoms with van der Waals surface area (Å²) in [6.07, 6.45) is 3.14. The van der Waals surface area contributed by atoms with E-state index in [0.29, 0.717) is 31.8 Å². The van der Waals surface area contributed by atoms with Crippen LogP contribution in [0.15, 0.2) is 10.9 Å². The first-order chi connectivity index (χ1) is 11.9. The Labute approximate surface area is 173 Å². The predicted octanol–water partition coefficient (Wildman–Crippen LogP) is 1.74. The lowest BCUT2D eigenvalue weighted by Gasteiger charge is -2.33. The van der Waals surface area contributed by atoms with Crippen LogP contribution in [0.3, 0.4) is 0 Å². The minimum atomic E-state index is -0.275. The van der Waals surface area contributed by atoms with Crippen LogP contribution in [0.4, 0.5) is 0 Å². The fourth-order valence-corrected chi connectivity index (χ4v) is 3.33. The van der Waals surface area contributed by atoms with E-state index < -0.39 is 0 Å². The summed E-state index contributed by atoms with van der Waals surface area (Å²) in [5.74, 6) is -0.0570. The van der Waals surface area contributed by atoms with Gasteiger partial charge in [0.25, 0.3) is 0 Å². The SMILES string of the molecule is CCCO[C@@H]1C[C@@H](C(=O)NCCn2c(C)cc(C)nc2=O)CC[C@H]1N.Cl.Cl. The van der Waals surface area contributed by atoms with Gasteiger partial charge in [-0.2, -0.15) is 4.98 Å². The van der Waals surface area contributed by atoms with Crippen molar-refractivity contribution in [3.05, 3.63) is 27.9 Å². The number of ether oxygens (including phenoxy) is 1. The zero-order chi connectivity index (χ0) is 18.4. The quantitative estimate of drug-likeness (QED) is 0.696. The fraction of sp³-hybridized carbons (Fsp3) is 0.722. The Morgan fingerprint density at radius 3 is 2.70 bits per heavy atom. The molecule has 7 nitrogen and oxygen atoms in total. The van der Waals surface area contributed by atoms with E-state index in [1.54, 1.807) is 11.5 Å². The molecule has 1 heterocycles. The first-order valence-corrected chi connectivity index (χ1v) is 9.12. The molecule has 1 aromatic heterocycles. The lowest BCUT2D eigenvalue weighted by Crippen LogP contribution is -2.46. The Bertz CT molecular complexity index is 654. The molecule has 1 aliphatic carbocycles. The van der Waals surface area contributed by atoms with Gasteiger partial charge in [-0.3, -0.25) is 9.36 Å². The van der Waals surface area contributed by atoms with E-state index in [2.05, 4.69) is 17.2 Å². The molecule has 1 aromatic rings. The third kappa shape index (κ3) is 7.41. The summed E-state index contributed by atoms with van der Waals surface area (Å²) in [6, 6.07) is 1.87. The number of carbonyl (C=O) groups is 1. The van der Waals surface area contributed by atoms with Crippen molar-refractivity contribution in [3.63, 3.8) is 0 Å². The summed E-state index contributed by atoms with van der Waals surface area (Å²) in [5.41, 5.74) is 7.39. The van der Waals surface area contributed by atoms with Crippen molar-refractivity contribution in [2.24, 2.45) is 11.7 Å². The van der Waals surface area contributed by atoms with Crippen LogP contribution >= 0.6 is 24.8 Å². The second-order valence-corrected chi connectivity index (χ2v) is 6.85. The molecule has 9 heteroatoms. The van der Waals surface area contributed by atoms with E-state index >= 15 is 0 Å². The van der Waals surface area contributed by atoms with Crippen LogP contribution in [-0.2, 0) is 16.1 Å². The third-order valence-corrected chi connectivity index (χ3v) is 4.73. The molecule has 1 aliphatic rings. The standard InChI is InChI=1S/C18H30N4O3.2ClH/c1-4-9-25-16-11-14(5-6-15(16)19)17(23)20-7-8-22-13(3)10-12(2)21-18(22)24;;/h10,14-16H,4-9,11,19H2,1-3H3,(H,20,23);2*1H/t14-,15+,16+;;/m0../s1. The molecule has 2 rings (SSSR count). The van der Waals surface area contributed by atoms with E-state index in [1.807, 2.05) is 13.0 Å². The van der Waals surface area contributed by atoms with Gasteiger partial charge in [-0.1, -0.05) is 6.92 Å². The molecule has 0 bridgehead atoms. The summed E-state index contributed by atoms with van der Waals surface area (Å²) in [7, 11) is 0. The molecule has 27 heavy (non-hydrogen) atoms. The van der Waals surface area contributed by atoms with Crippen LogP contribution in [0.1, 0.15) is 44.0 Å². The molecule has 3 N–H and O–H groups in total. The lowest BCUT2D eigenvalue weighted by molar-refractivity contribution is -0.128. The summed E-state index contributed by atoms with van der Waals surface area (Å²) < 4.78 is 7.36. The maximum atomic E-state index is 12.4. The van der Waals surface area contributed by atoms with Crippen LogP contribution in [0.5, 0.6) is 0 Å². The third-order valence-electron chi connectivity index (χ3n) is 4.73. The monoisotopic (exact) mass is 422 g/mol. The summed E-state index contributed by atoms with van der Waals surface area (Å²) in [5, 5.41) is 2.94. The molecule has 1 amide bonds. The number of aromatic nitrogens is 2. The van der Waals surface area contributed by atoms with Crippen molar-refractivity contribution in [1.82, 2.24) is 14.9 Å². The van der Waals surface area contributed by atoms with Crippen molar-refractivity contribution in [1.29, 1.82) is 0 Å². The van der Waals surface area contributed by atoms with Gasteiger partial charge in [0.2, 0.25) is 5.91 Å². The second kappa shape index (κ2) is 12.3. The number of hydrogen-bond donors (Lipinski definition) is 2. The first-order valence-electron chi connectivity index (χ1n) is 9.12. The Balaban J connectivity index is 0.00000338. The number of carbonyl (C=O) groups excluding carboxylic acids is 1. The minimum Gasteiger partial charge on any atom is -0.377 e. The molecule has 0 radical (unpaired) electrons. The Morgan fingerprint density at radius 1 is 1.37 bits per heavy atom. The molecule has 1 fully saturated rings. The number of rotatable bonds is 7. The molecule has 0 saturated heterocycles. The summed E-state index contributed by atoms with van der Waals surface area (Å²) in [4.78, 5) is 28.3. The number of nitrogens with two attached hydrogens (primary N) is 1. The van der Waals surface area contributed by atoms with Gasteiger partial charge in [-0.25, -0.2) is 4.79 Å². The van der Waals surface area contributed by atoms with E-state index in [4.69, 9.17) is 10.5 Å². The Morgan fingerprint density at radius 2 is 2.07 bits per heavy atom. The summed E-state index contributed by atoms with van der Waals surface area (Å²) >= 11 is 0. The molecule has 3 atom stereocenters. The normalized spacial score (nSPS) is 21.7. The van der Waals surface area contributed by atoms with Crippen LogP contribution in [-0.4, -0.2) is 40.8 Å². The first kappa shape index (κ1) is 25.9.